The highest BCUT2D eigenvalue weighted by Crippen LogP contribution is 2.20. The van der Waals surface area contributed by atoms with Gasteiger partial charge in [-0.2, -0.15) is 0 Å². The highest BCUT2D eigenvalue weighted by molar-refractivity contribution is 5.98. The molecule has 0 heterocycles. The van der Waals surface area contributed by atoms with Crippen LogP contribution < -0.4 is 22.1 Å². The molecule has 0 radical (unpaired) electrons. The van der Waals surface area contributed by atoms with E-state index in [2.05, 4.69) is 10.6 Å². The average molecular weight is 292 g/mol. The van der Waals surface area contributed by atoms with Crippen LogP contribution in [0, 0.1) is 6.92 Å². The first-order valence-corrected chi connectivity index (χ1v) is 6.58. The summed E-state index contributed by atoms with van der Waals surface area (Å²) in [5.74, 6) is -1.27. The maximum atomic E-state index is 11.9. The normalized spacial score (nSPS) is 11.6. The number of hydrogen-bond acceptors (Lipinski definition) is 4. The number of aryl methyl sites for hydroxylation is 1. The summed E-state index contributed by atoms with van der Waals surface area (Å²) >= 11 is 0. The lowest BCUT2D eigenvalue weighted by molar-refractivity contribution is -0.123. The van der Waals surface area contributed by atoms with Gasteiger partial charge in [-0.3, -0.25) is 14.4 Å². The van der Waals surface area contributed by atoms with Crippen molar-refractivity contribution < 1.29 is 14.4 Å². The molecule has 21 heavy (non-hydrogen) atoms. The minimum absolute atomic E-state index is 0.124. The van der Waals surface area contributed by atoms with E-state index < -0.39 is 17.9 Å². The smallest absolute Gasteiger partial charge is 0.241 e. The van der Waals surface area contributed by atoms with Gasteiger partial charge in [-0.05, 0) is 24.6 Å². The molecule has 0 spiro atoms. The molecule has 1 unspecified atom stereocenters. The summed E-state index contributed by atoms with van der Waals surface area (Å²) in [5, 5.41) is 5.32. The monoisotopic (exact) mass is 292 g/mol. The molecule has 0 saturated heterocycles. The van der Waals surface area contributed by atoms with Gasteiger partial charge >= 0.3 is 0 Å². The topological polar surface area (TPSA) is 127 Å². The molecular weight excluding hydrogens is 272 g/mol. The highest BCUT2D eigenvalue weighted by Gasteiger charge is 2.17. The van der Waals surface area contributed by atoms with Gasteiger partial charge in [-0.1, -0.05) is 13.0 Å². The Hall–Kier alpha value is -2.41. The molecule has 1 aromatic rings. The second-order valence-corrected chi connectivity index (χ2v) is 4.70. The van der Waals surface area contributed by atoms with E-state index in [0.29, 0.717) is 17.8 Å². The van der Waals surface area contributed by atoms with Crippen molar-refractivity contribution in [3.63, 3.8) is 0 Å². The predicted molar refractivity (Wildman–Crippen MR) is 80.5 cm³/mol. The van der Waals surface area contributed by atoms with Crippen molar-refractivity contribution in [2.75, 3.05) is 10.6 Å². The lowest BCUT2D eigenvalue weighted by atomic mass is 10.1. The Balaban J connectivity index is 2.82. The van der Waals surface area contributed by atoms with Gasteiger partial charge in [0.15, 0.2) is 0 Å². The van der Waals surface area contributed by atoms with Gasteiger partial charge < -0.3 is 22.1 Å². The third kappa shape index (κ3) is 5.23. The molecule has 1 atom stereocenters. The van der Waals surface area contributed by atoms with Crippen LogP contribution in [0.2, 0.25) is 0 Å². The number of nitrogens with two attached hydrogens (primary N) is 2. The summed E-state index contributed by atoms with van der Waals surface area (Å²) in [6.07, 6.45) is 0.135. The fraction of sp³-hybridized carbons (Fsp3) is 0.357. The van der Waals surface area contributed by atoms with Crippen molar-refractivity contribution in [2.45, 2.75) is 32.7 Å². The van der Waals surface area contributed by atoms with Gasteiger partial charge in [0.05, 0.1) is 12.5 Å². The zero-order valence-electron chi connectivity index (χ0n) is 12.1. The molecule has 7 nitrogen and oxygen atoms in total. The van der Waals surface area contributed by atoms with E-state index in [4.69, 9.17) is 11.5 Å². The maximum Gasteiger partial charge on any atom is 0.241 e. The predicted octanol–water partition coefficient (Wildman–Crippen LogP) is 0.485. The number of benzene rings is 1. The number of anilines is 2. The van der Waals surface area contributed by atoms with Gasteiger partial charge in [-0.15, -0.1) is 0 Å². The Kier molecular flexibility index (Phi) is 5.86. The van der Waals surface area contributed by atoms with Crippen molar-refractivity contribution in [1.29, 1.82) is 0 Å². The molecule has 0 saturated carbocycles. The highest BCUT2D eigenvalue weighted by atomic mass is 16.2. The van der Waals surface area contributed by atoms with Crippen LogP contribution in [0.25, 0.3) is 0 Å². The van der Waals surface area contributed by atoms with Gasteiger partial charge in [0.1, 0.15) is 0 Å². The Labute approximate surface area is 123 Å². The molecule has 0 aliphatic heterocycles. The summed E-state index contributed by atoms with van der Waals surface area (Å²) < 4.78 is 0. The molecule has 0 aromatic heterocycles. The van der Waals surface area contributed by atoms with Crippen molar-refractivity contribution in [3.8, 4) is 0 Å². The molecule has 114 valence electrons. The van der Waals surface area contributed by atoms with Gasteiger partial charge in [0, 0.05) is 17.8 Å². The van der Waals surface area contributed by atoms with E-state index in [1.165, 1.54) is 0 Å². The number of amides is 3. The molecule has 6 N–H and O–H groups in total. The fourth-order valence-corrected chi connectivity index (χ4v) is 1.62. The zero-order chi connectivity index (χ0) is 16.0. The number of carbonyl (C=O) groups is 3. The minimum Gasteiger partial charge on any atom is -0.370 e. The average Bonchev–Trinajstić information content (AvgIpc) is 2.41. The lowest BCUT2D eigenvalue weighted by Crippen LogP contribution is -2.39. The fourth-order valence-electron chi connectivity index (χ4n) is 1.62. The Bertz CT molecular complexity index is 557. The molecule has 0 fully saturated rings. The van der Waals surface area contributed by atoms with Crippen LogP contribution in [0.15, 0.2) is 18.2 Å². The minimum atomic E-state index is -1.00. The lowest BCUT2D eigenvalue weighted by Gasteiger charge is -2.14. The number of nitrogens with one attached hydrogen (secondary N) is 2. The van der Waals surface area contributed by atoms with Crippen molar-refractivity contribution in [1.82, 2.24) is 0 Å². The standard InChI is InChI=1S/C14H20N4O3/c1-3-13(20)17-9-5-4-8(2)11(6-9)18-14(21)10(15)7-12(16)19/h4-6,10H,3,7,15H2,1-2H3,(H2,16,19)(H,17,20)(H,18,21). The molecule has 1 aromatic carbocycles. The first-order chi connectivity index (χ1) is 9.83. The maximum absolute atomic E-state index is 11.9. The van der Waals surface area contributed by atoms with Crippen LogP contribution in [0.4, 0.5) is 11.4 Å². The summed E-state index contributed by atoms with van der Waals surface area (Å²) in [7, 11) is 0. The van der Waals surface area contributed by atoms with E-state index in [0.717, 1.165) is 5.56 Å². The molecular formula is C14H20N4O3. The molecule has 0 aliphatic carbocycles. The number of carbonyl (C=O) groups excluding carboxylic acids is 3. The van der Waals surface area contributed by atoms with Crippen LogP contribution in [0.5, 0.6) is 0 Å². The SMILES string of the molecule is CCC(=O)Nc1ccc(C)c(NC(=O)C(N)CC(N)=O)c1. The third-order valence-electron chi connectivity index (χ3n) is 2.86. The van der Waals surface area contributed by atoms with E-state index in [1.54, 1.807) is 32.0 Å². The van der Waals surface area contributed by atoms with Crippen LogP contribution in [0.1, 0.15) is 25.3 Å². The van der Waals surface area contributed by atoms with Crippen LogP contribution in [-0.4, -0.2) is 23.8 Å². The molecule has 0 bridgehead atoms. The zero-order valence-corrected chi connectivity index (χ0v) is 12.1. The van der Waals surface area contributed by atoms with Gasteiger partial charge in [0.25, 0.3) is 0 Å². The van der Waals surface area contributed by atoms with Crippen LogP contribution in [-0.2, 0) is 14.4 Å². The second-order valence-electron chi connectivity index (χ2n) is 4.70. The van der Waals surface area contributed by atoms with E-state index >= 15 is 0 Å². The van der Waals surface area contributed by atoms with Gasteiger partial charge in [-0.25, -0.2) is 0 Å². The van der Waals surface area contributed by atoms with Crippen LogP contribution >= 0.6 is 0 Å². The van der Waals surface area contributed by atoms with Crippen molar-refractivity contribution >= 4 is 29.1 Å². The molecule has 0 aliphatic rings. The van der Waals surface area contributed by atoms with Crippen molar-refractivity contribution in [3.05, 3.63) is 23.8 Å². The molecule has 7 heteroatoms. The Morgan fingerprint density at radius 2 is 1.90 bits per heavy atom. The Morgan fingerprint density at radius 1 is 1.24 bits per heavy atom. The van der Waals surface area contributed by atoms with Gasteiger partial charge in [0.2, 0.25) is 17.7 Å². The summed E-state index contributed by atoms with van der Waals surface area (Å²) in [6.45, 7) is 3.55. The number of primary amides is 1. The summed E-state index contributed by atoms with van der Waals surface area (Å²) in [4.78, 5) is 34.0. The van der Waals surface area contributed by atoms with E-state index in [-0.39, 0.29) is 12.3 Å². The Morgan fingerprint density at radius 3 is 2.48 bits per heavy atom. The molecule has 3 amide bonds. The first kappa shape index (κ1) is 16.6. The quantitative estimate of drug-likeness (QED) is 0.608. The van der Waals surface area contributed by atoms with E-state index in [1.807, 2.05) is 0 Å². The number of hydrogen-bond donors (Lipinski definition) is 4. The third-order valence-corrected chi connectivity index (χ3v) is 2.86. The summed E-state index contributed by atoms with van der Waals surface area (Å²) in [5.41, 5.74) is 12.5. The molecule has 1 rings (SSSR count). The van der Waals surface area contributed by atoms with Crippen molar-refractivity contribution in [2.24, 2.45) is 11.5 Å². The summed E-state index contributed by atoms with van der Waals surface area (Å²) in [6, 6.07) is 4.14. The first-order valence-electron chi connectivity index (χ1n) is 6.58. The second kappa shape index (κ2) is 7.39. The number of rotatable bonds is 6. The van der Waals surface area contributed by atoms with E-state index in [9.17, 15) is 14.4 Å². The van der Waals surface area contributed by atoms with Crippen LogP contribution in [0.3, 0.4) is 0 Å². The largest absolute Gasteiger partial charge is 0.370 e.